The third kappa shape index (κ3) is 2.29. The summed E-state index contributed by atoms with van der Waals surface area (Å²) < 4.78 is 0. The van der Waals surface area contributed by atoms with E-state index in [9.17, 15) is 4.79 Å². The zero-order valence-electron chi connectivity index (χ0n) is 9.45. The van der Waals surface area contributed by atoms with E-state index in [2.05, 4.69) is 28.9 Å². The van der Waals surface area contributed by atoms with Crippen molar-refractivity contribution in [1.82, 2.24) is 0 Å². The first kappa shape index (κ1) is 11.6. The van der Waals surface area contributed by atoms with Gasteiger partial charge in [-0.25, -0.2) is 0 Å². The number of carbonyl (C=O) groups is 1. The molecule has 0 spiro atoms. The fourth-order valence-electron chi connectivity index (χ4n) is 2.06. The predicted octanol–water partition coefficient (Wildman–Crippen LogP) is 3.00. The summed E-state index contributed by atoms with van der Waals surface area (Å²) in [6.07, 6.45) is 1.53. The van der Waals surface area contributed by atoms with Gasteiger partial charge in [0.1, 0.15) is 0 Å². The van der Waals surface area contributed by atoms with Gasteiger partial charge < -0.3 is 4.90 Å². The molecule has 0 saturated heterocycles. The number of halogens is 1. The SMILES string of the molecule is CC(CBr)CN1C(=O)CCc2ccccc21. The molecule has 2 rings (SSSR count). The van der Waals surface area contributed by atoms with Gasteiger partial charge >= 0.3 is 0 Å². The second-order valence-corrected chi connectivity index (χ2v) is 5.04. The van der Waals surface area contributed by atoms with Crippen LogP contribution in [-0.4, -0.2) is 17.8 Å². The number of amides is 1. The number of benzene rings is 1. The maximum atomic E-state index is 11.9. The van der Waals surface area contributed by atoms with Crippen LogP contribution in [0.4, 0.5) is 5.69 Å². The minimum atomic E-state index is 0.256. The predicted molar refractivity (Wildman–Crippen MR) is 70.1 cm³/mol. The summed E-state index contributed by atoms with van der Waals surface area (Å²) in [6.45, 7) is 2.96. The molecular formula is C13H16BrNO. The van der Waals surface area contributed by atoms with Crippen LogP contribution in [0.3, 0.4) is 0 Å². The van der Waals surface area contributed by atoms with E-state index in [0.717, 1.165) is 24.0 Å². The molecule has 1 aliphatic rings. The van der Waals surface area contributed by atoms with Crippen LogP contribution >= 0.6 is 15.9 Å². The van der Waals surface area contributed by atoms with E-state index >= 15 is 0 Å². The van der Waals surface area contributed by atoms with Crippen LogP contribution in [0.5, 0.6) is 0 Å². The number of para-hydroxylation sites is 1. The Hall–Kier alpha value is -0.830. The van der Waals surface area contributed by atoms with Crippen LogP contribution in [0.15, 0.2) is 24.3 Å². The zero-order valence-corrected chi connectivity index (χ0v) is 11.0. The largest absolute Gasteiger partial charge is 0.312 e. The molecule has 0 radical (unpaired) electrons. The van der Waals surface area contributed by atoms with Crippen molar-refractivity contribution in [3.63, 3.8) is 0 Å². The molecule has 1 amide bonds. The number of anilines is 1. The summed E-state index contributed by atoms with van der Waals surface area (Å²) in [6, 6.07) is 8.21. The molecule has 0 aromatic heterocycles. The summed E-state index contributed by atoms with van der Waals surface area (Å²) in [4.78, 5) is 13.9. The van der Waals surface area contributed by atoms with Gasteiger partial charge in [0, 0.05) is 24.0 Å². The minimum absolute atomic E-state index is 0.256. The van der Waals surface area contributed by atoms with Crippen LogP contribution in [0.2, 0.25) is 0 Å². The van der Waals surface area contributed by atoms with E-state index in [0.29, 0.717) is 12.3 Å². The molecule has 1 heterocycles. The Morgan fingerprint density at radius 1 is 1.38 bits per heavy atom. The number of carbonyl (C=O) groups excluding carboxylic acids is 1. The van der Waals surface area contributed by atoms with Crippen LogP contribution in [0.25, 0.3) is 0 Å². The highest BCUT2D eigenvalue weighted by atomic mass is 79.9. The quantitative estimate of drug-likeness (QED) is 0.780. The Morgan fingerprint density at radius 2 is 2.12 bits per heavy atom. The molecule has 1 aromatic rings. The highest BCUT2D eigenvalue weighted by Crippen LogP contribution is 2.28. The van der Waals surface area contributed by atoms with Gasteiger partial charge in [0.25, 0.3) is 0 Å². The highest BCUT2D eigenvalue weighted by molar-refractivity contribution is 9.09. The number of hydrogen-bond donors (Lipinski definition) is 0. The van der Waals surface area contributed by atoms with Crippen molar-refractivity contribution in [2.24, 2.45) is 5.92 Å². The first-order chi connectivity index (χ1) is 7.72. The molecule has 1 unspecified atom stereocenters. The van der Waals surface area contributed by atoms with Crippen LogP contribution < -0.4 is 4.90 Å². The summed E-state index contributed by atoms with van der Waals surface area (Å²) in [7, 11) is 0. The number of nitrogens with zero attached hydrogens (tertiary/aromatic N) is 1. The zero-order chi connectivity index (χ0) is 11.5. The average molecular weight is 282 g/mol. The fourth-order valence-corrected chi connectivity index (χ4v) is 2.26. The van der Waals surface area contributed by atoms with Crippen molar-refractivity contribution in [3.05, 3.63) is 29.8 Å². The summed E-state index contributed by atoms with van der Waals surface area (Å²) >= 11 is 3.46. The molecule has 0 fully saturated rings. The van der Waals surface area contributed by atoms with Gasteiger partial charge in [-0.2, -0.15) is 0 Å². The van der Waals surface area contributed by atoms with Crippen LogP contribution in [0, 0.1) is 5.92 Å². The summed E-state index contributed by atoms with van der Waals surface area (Å²) in [5.41, 5.74) is 2.40. The smallest absolute Gasteiger partial charge is 0.227 e. The molecule has 86 valence electrons. The third-order valence-corrected chi connectivity index (χ3v) is 4.05. The van der Waals surface area contributed by atoms with Gasteiger partial charge in [-0.05, 0) is 24.0 Å². The molecule has 2 nitrogen and oxygen atoms in total. The molecule has 1 aromatic carbocycles. The lowest BCUT2D eigenvalue weighted by Crippen LogP contribution is -2.38. The fraction of sp³-hybridized carbons (Fsp3) is 0.462. The monoisotopic (exact) mass is 281 g/mol. The Kier molecular flexibility index (Phi) is 3.64. The van der Waals surface area contributed by atoms with Crippen LogP contribution in [-0.2, 0) is 11.2 Å². The van der Waals surface area contributed by atoms with Gasteiger partial charge in [-0.3, -0.25) is 4.79 Å². The van der Waals surface area contributed by atoms with E-state index in [4.69, 9.17) is 0 Å². The highest BCUT2D eigenvalue weighted by Gasteiger charge is 2.24. The Labute approximate surface area is 105 Å². The van der Waals surface area contributed by atoms with Crippen molar-refractivity contribution in [2.45, 2.75) is 19.8 Å². The Balaban J connectivity index is 2.26. The lowest BCUT2D eigenvalue weighted by atomic mass is 10.00. The van der Waals surface area contributed by atoms with Crippen molar-refractivity contribution in [1.29, 1.82) is 0 Å². The standard InChI is InChI=1S/C13H16BrNO/c1-10(8-14)9-15-12-5-3-2-4-11(12)6-7-13(15)16/h2-5,10H,6-9H2,1H3. The molecule has 1 atom stereocenters. The first-order valence-corrected chi connectivity index (χ1v) is 6.78. The molecule has 3 heteroatoms. The molecule has 1 aliphatic heterocycles. The van der Waals surface area contributed by atoms with Gasteiger partial charge in [-0.1, -0.05) is 41.1 Å². The van der Waals surface area contributed by atoms with E-state index in [1.807, 2.05) is 23.1 Å². The minimum Gasteiger partial charge on any atom is -0.312 e. The van der Waals surface area contributed by atoms with Crippen molar-refractivity contribution in [2.75, 3.05) is 16.8 Å². The van der Waals surface area contributed by atoms with Gasteiger partial charge in [0.05, 0.1) is 0 Å². The molecular weight excluding hydrogens is 266 g/mol. The Morgan fingerprint density at radius 3 is 2.88 bits per heavy atom. The maximum Gasteiger partial charge on any atom is 0.227 e. The van der Waals surface area contributed by atoms with Crippen molar-refractivity contribution >= 4 is 27.5 Å². The molecule has 0 N–H and O–H groups in total. The topological polar surface area (TPSA) is 20.3 Å². The summed E-state index contributed by atoms with van der Waals surface area (Å²) in [5.74, 6) is 0.738. The summed E-state index contributed by atoms with van der Waals surface area (Å²) in [5, 5.41) is 0.930. The second kappa shape index (κ2) is 5.00. The van der Waals surface area contributed by atoms with Gasteiger partial charge in [0.2, 0.25) is 5.91 Å². The number of hydrogen-bond acceptors (Lipinski definition) is 1. The number of aryl methyl sites for hydroxylation is 1. The second-order valence-electron chi connectivity index (χ2n) is 4.39. The van der Waals surface area contributed by atoms with E-state index in [-0.39, 0.29) is 5.91 Å². The molecule has 0 aliphatic carbocycles. The number of alkyl halides is 1. The third-order valence-electron chi connectivity index (χ3n) is 2.95. The van der Waals surface area contributed by atoms with Crippen molar-refractivity contribution in [3.8, 4) is 0 Å². The van der Waals surface area contributed by atoms with Gasteiger partial charge in [-0.15, -0.1) is 0 Å². The maximum absolute atomic E-state index is 11.9. The van der Waals surface area contributed by atoms with E-state index in [1.165, 1.54) is 5.56 Å². The van der Waals surface area contributed by atoms with Crippen LogP contribution in [0.1, 0.15) is 18.9 Å². The molecule has 0 saturated carbocycles. The first-order valence-electron chi connectivity index (χ1n) is 5.66. The average Bonchev–Trinajstić information content (AvgIpc) is 2.32. The Bertz CT molecular complexity index is 391. The lowest BCUT2D eigenvalue weighted by Gasteiger charge is -2.31. The van der Waals surface area contributed by atoms with E-state index in [1.54, 1.807) is 0 Å². The lowest BCUT2D eigenvalue weighted by molar-refractivity contribution is -0.119. The number of rotatable bonds is 3. The molecule has 0 bridgehead atoms. The van der Waals surface area contributed by atoms with E-state index < -0.39 is 0 Å². The molecule has 16 heavy (non-hydrogen) atoms. The van der Waals surface area contributed by atoms with Crippen molar-refractivity contribution < 1.29 is 4.79 Å². The normalized spacial score (nSPS) is 17.1. The number of fused-ring (bicyclic) bond motifs is 1. The van der Waals surface area contributed by atoms with Gasteiger partial charge in [0.15, 0.2) is 0 Å².